The lowest BCUT2D eigenvalue weighted by molar-refractivity contribution is 0.0730. The summed E-state index contributed by atoms with van der Waals surface area (Å²) in [6, 6.07) is 12.9. The van der Waals surface area contributed by atoms with Gasteiger partial charge in [-0.15, -0.1) is 0 Å². The highest BCUT2D eigenvalue weighted by atomic mass is 16.5. The number of hydrogen-bond donors (Lipinski definition) is 1. The molecule has 0 aliphatic carbocycles. The molecule has 5 aromatic rings. The number of H-pyrrole nitrogens is 1. The van der Waals surface area contributed by atoms with E-state index >= 15 is 0 Å². The Bertz CT molecular complexity index is 1720. The largest absolute Gasteiger partial charge is 0.497 e. The molecule has 43 heavy (non-hydrogen) atoms. The Morgan fingerprint density at radius 1 is 0.930 bits per heavy atom. The second-order valence-electron chi connectivity index (χ2n) is 10.7. The first-order valence-electron chi connectivity index (χ1n) is 14.2. The molecule has 1 fully saturated rings. The Morgan fingerprint density at radius 2 is 1.70 bits per heavy atom. The zero-order valence-electron chi connectivity index (χ0n) is 24.7. The number of rotatable bonds is 9. The van der Waals surface area contributed by atoms with Crippen LogP contribution in [0.3, 0.4) is 0 Å². The maximum absolute atomic E-state index is 13.2. The Hall–Kier alpha value is -4.74. The van der Waals surface area contributed by atoms with Gasteiger partial charge in [-0.2, -0.15) is 5.10 Å². The van der Waals surface area contributed by atoms with Crippen LogP contribution in [0.25, 0.3) is 33.5 Å². The molecule has 0 bridgehead atoms. The first-order valence-corrected chi connectivity index (χ1v) is 14.2. The quantitative estimate of drug-likeness (QED) is 0.187. The number of aromatic nitrogens is 4. The van der Waals surface area contributed by atoms with Crippen molar-refractivity contribution in [1.29, 1.82) is 0 Å². The standard InChI is InChI=1S/C32H34N6O5/c1-20(2)38-11-9-37(10-12-38)19-25-17-34-31(42-25)26-13-21(15-29-28(26)18-35-36-29)22-14-27(30(41-4)33-16-22)32(39)43-24-7-5-23(40-3)6-8-24/h5-8,13-18,20H,9-12,19H2,1-4H3,(H,35,36). The molecule has 1 aliphatic heterocycles. The van der Waals surface area contributed by atoms with E-state index in [1.807, 2.05) is 12.1 Å². The second-order valence-corrected chi connectivity index (χ2v) is 10.7. The maximum atomic E-state index is 13.2. The number of ether oxygens (including phenoxy) is 3. The molecule has 222 valence electrons. The Morgan fingerprint density at radius 3 is 2.42 bits per heavy atom. The number of aromatic amines is 1. The fourth-order valence-corrected chi connectivity index (χ4v) is 5.28. The number of nitrogens with one attached hydrogen (secondary N) is 1. The number of esters is 1. The van der Waals surface area contributed by atoms with Crippen molar-refractivity contribution in [3.05, 3.63) is 72.4 Å². The molecule has 0 atom stereocenters. The van der Waals surface area contributed by atoms with Crippen molar-refractivity contribution in [3.63, 3.8) is 0 Å². The molecule has 3 aromatic heterocycles. The van der Waals surface area contributed by atoms with Crippen LogP contribution in [0.15, 0.2) is 65.5 Å². The van der Waals surface area contributed by atoms with Gasteiger partial charge in [-0.1, -0.05) is 0 Å². The van der Waals surface area contributed by atoms with Crippen LogP contribution in [-0.4, -0.2) is 82.4 Å². The summed E-state index contributed by atoms with van der Waals surface area (Å²) >= 11 is 0. The molecule has 1 aliphatic rings. The lowest BCUT2D eigenvalue weighted by Crippen LogP contribution is -2.48. The molecule has 11 nitrogen and oxygen atoms in total. The fraction of sp³-hybridized carbons (Fsp3) is 0.312. The van der Waals surface area contributed by atoms with Gasteiger partial charge in [0, 0.05) is 54.9 Å². The molecule has 0 unspecified atom stereocenters. The Balaban J connectivity index is 1.27. The first kappa shape index (κ1) is 28.4. The molecule has 2 aromatic carbocycles. The van der Waals surface area contributed by atoms with Crippen LogP contribution in [0.4, 0.5) is 0 Å². The highest BCUT2D eigenvalue weighted by molar-refractivity contribution is 5.98. The molecule has 4 heterocycles. The predicted octanol–water partition coefficient (Wildman–Crippen LogP) is 5.04. The average Bonchev–Trinajstić information content (AvgIpc) is 3.71. The van der Waals surface area contributed by atoms with E-state index in [0.717, 1.165) is 54.0 Å². The van der Waals surface area contributed by atoms with Crippen molar-refractivity contribution >= 4 is 16.9 Å². The third-order valence-electron chi connectivity index (χ3n) is 7.73. The molecule has 11 heteroatoms. The minimum atomic E-state index is -0.592. The summed E-state index contributed by atoms with van der Waals surface area (Å²) in [6.45, 7) is 9.24. The molecule has 6 rings (SSSR count). The summed E-state index contributed by atoms with van der Waals surface area (Å²) in [7, 11) is 3.04. The van der Waals surface area contributed by atoms with Crippen LogP contribution < -0.4 is 14.2 Å². The van der Waals surface area contributed by atoms with Crippen LogP contribution in [0.2, 0.25) is 0 Å². The van der Waals surface area contributed by atoms with Gasteiger partial charge in [-0.05, 0) is 61.9 Å². The van der Waals surface area contributed by atoms with Gasteiger partial charge in [0.05, 0.1) is 38.7 Å². The topological polar surface area (TPSA) is 119 Å². The van der Waals surface area contributed by atoms with Crippen molar-refractivity contribution in [2.24, 2.45) is 0 Å². The summed E-state index contributed by atoms with van der Waals surface area (Å²) in [5.74, 6) is 1.92. The number of oxazole rings is 1. The van der Waals surface area contributed by atoms with Crippen LogP contribution in [0.1, 0.15) is 30.0 Å². The van der Waals surface area contributed by atoms with Crippen molar-refractivity contribution in [3.8, 4) is 40.0 Å². The van der Waals surface area contributed by atoms with Gasteiger partial charge in [0.15, 0.2) is 0 Å². The van der Waals surface area contributed by atoms with Gasteiger partial charge in [0.2, 0.25) is 11.8 Å². The van der Waals surface area contributed by atoms with Crippen LogP contribution in [0, 0.1) is 0 Å². The molecular weight excluding hydrogens is 548 g/mol. The van der Waals surface area contributed by atoms with Crippen LogP contribution in [-0.2, 0) is 6.54 Å². The fourth-order valence-electron chi connectivity index (χ4n) is 5.28. The van der Waals surface area contributed by atoms with Crippen LogP contribution >= 0.6 is 0 Å². The molecule has 0 spiro atoms. The van der Waals surface area contributed by atoms with E-state index in [9.17, 15) is 4.79 Å². The van der Waals surface area contributed by atoms with E-state index in [0.29, 0.717) is 35.5 Å². The minimum Gasteiger partial charge on any atom is -0.497 e. The van der Waals surface area contributed by atoms with Gasteiger partial charge in [0.25, 0.3) is 0 Å². The number of carbonyl (C=O) groups is 1. The van der Waals surface area contributed by atoms with E-state index in [-0.39, 0.29) is 11.4 Å². The van der Waals surface area contributed by atoms with Gasteiger partial charge in [0.1, 0.15) is 22.8 Å². The van der Waals surface area contributed by atoms with Gasteiger partial charge in [-0.25, -0.2) is 14.8 Å². The monoisotopic (exact) mass is 582 g/mol. The Labute approximate surface area is 249 Å². The summed E-state index contributed by atoms with van der Waals surface area (Å²) in [5, 5.41) is 8.18. The van der Waals surface area contributed by atoms with Crippen molar-refractivity contribution in [1.82, 2.24) is 30.0 Å². The van der Waals surface area contributed by atoms with E-state index in [4.69, 9.17) is 18.6 Å². The third kappa shape index (κ3) is 6.08. The average molecular weight is 583 g/mol. The number of benzene rings is 2. The number of hydrogen-bond acceptors (Lipinski definition) is 10. The SMILES string of the molecule is COc1ccc(OC(=O)c2cc(-c3cc(-c4ncc(CN5CCN(C(C)C)CC5)o4)c4cn[nH]c4c3)cnc2OC)cc1. The van der Waals surface area contributed by atoms with Gasteiger partial charge < -0.3 is 18.6 Å². The molecular formula is C32H34N6O5. The predicted molar refractivity (Wildman–Crippen MR) is 161 cm³/mol. The number of fused-ring (bicyclic) bond motifs is 1. The van der Waals surface area contributed by atoms with Gasteiger partial charge in [-0.3, -0.25) is 14.9 Å². The zero-order valence-corrected chi connectivity index (χ0v) is 24.7. The van der Waals surface area contributed by atoms with Crippen molar-refractivity contribution in [2.75, 3.05) is 40.4 Å². The van der Waals surface area contributed by atoms with E-state index in [1.54, 1.807) is 56.0 Å². The normalized spacial score (nSPS) is 14.3. The number of piperazine rings is 1. The van der Waals surface area contributed by atoms with Crippen molar-refractivity contribution < 1.29 is 23.4 Å². The maximum Gasteiger partial charge on any atom is 0.349 e. The lowest BCUT2D eigenvalue weighted by Gasteiger charge is -2.36. The number of carbonyl (C=O) groups excluding carboxylic acids is 1. The van der Waals surface area contributed by atoms with Crippen LogP contribution in [0.5, 0.6) is 17.4 Å². The summed E-state index contributed by atoms with van der Waals surface area (Å²) in [5.41, 5.74) is 3.27. The minimum absolute atomic E-state index is 0.164. The summed E-state index contributed by atoms with van der Waals surface area (Å²) in [6.07, 6.45) is 5.21. The van der Waals surface area contributed by atoms with Gasteiger partial charge >= 0.3 is 5.97 Å². The molecule has 0 amide bonds. The van der Waals surface area contributed by atoms with E-state index in [1.165, 1.54) is 7.11 Å². The number of pyridine rings is 1. The molecule has 1 N–H and O–H groups in total. The summed E-state index contributed by atoms with van der Waals surface area (Å²) < 4.78 is 22.4. The number of methoxy groups -OCH3 is 2. The highest BCUT2D eigenvalue weighted by Gasteiger charge is 2.22. The first-order chi connectivity index (χ1) is 20.9. The molecule has 0 saturated carbocycles. The van der Waals surface area contributed by atoms with E-state index < -0.39 is 5.97 Å². The zero-order chi connectivity index (χ0) is 29.9. The van der Waals surface area contributed by atoms with Crippen molar-refractivity contribution in [2.45, 2.75) is 26.4 Å². The third-order valence-corrected chi connectivity index (χ3v) is 7.73. The molecule has 0 radical (unpaired) electrons. The second kappa shape index (κ2) is 12.2. The molecule has 1 saturated heterocycles. The lowest BCUT2D eigenvalue weighted by atomic mass is 10.00. The smallest absolute Gasteiger partial charge is 0.349 e. The number of nitrogens with zero attached hydrogens (tertiary/aromatic N) is 5. The summed E-state index contributed by atoms with van der Waals surface area (Å²) in [4.78, 5) is 27.1. The highest BCUT2D eigenvalue weighted by Crippen LogP contribution is 2.34. The van der Waals surface area contributed by atoms with E-state index in [2.05, 4.69) is 43.8 Å². The Kier molecular flexibility index (Phi) is 8.08.